The maximum absolute atomic E-state index is 13.1. The fraction of sp³-hybridized carbons (Fsp3) is 0.950. The average Bonchev–Trinajstić information content (AvgIpc) is 0.969. The number of phosphoric ester groups is 2. The third kappa shape index (κ3) is 74.1. The highest BCUT2D eigenvalue weighted by Crippen LogP contribution is 2.45. The second-order valence-electron chi connectivity index (χ2n) is 30.2. The van der Waals surface area contributed by atoms with Gasteiger partial charge in [-0.3, -0.25) is 37.3 Å². The van der Waals surface area contributed by atoms with Crippen molar-refractivity contribution in [2.45, 2.75) is 433 Å². The van der Waals surface area contributed by atoms with Gasteiger partial charge in [0.2, 0.25) is 0 Å². The lowest BCUT2D eigenvalue weighted by atomic mass is 10.0. The van der Waals surface area contributed by atoms with Gasteiger partial charge < -0.3 is 33.8 Å². The Morgan fingerprint density at radius 1 is 0.273 bits per heavy atom. The van der Waals surface area contributed by atoms with Crippen molar-refractivity contribution in [1.82, 2.24) is 0 Å². The maximum atomic E-state index is 13.1. The molecule has 0 aliphatic carbocycles. The zero-order valence-electron chi connectivity index (χ0n) is 65.0. The molecule has 17 nitrogen and oxygen atoms in total. The SMILES string of the molecule is CCCCCCCCCCCC(=O)OC[C@H](COP(=O)(O)OC[C@H](O)COP(=O)(O)OC[C@@H](COC(=O)CCCCCCCCCCCCCCCCCCC(C)C)OC(=O)CCCCCCCCCCCCCCCCCCCCC(C)C)OC(=O)CCCCCCCCCC(C)C. The standard InChI is InChI=1S/C80H156O17P2/c1-8-9-10-11-12-31-40-47-54-61-77(82)90-68-76(97-80(85)64-57-50-43-36-39-46-53-60-73(6)7)70-95-99(88,89)93-66-74(81)65-92-98(86,87)94-69-75(67-91-78(83)62-55-48-41-34-29-25-21-18-17-20-24-28-33-38-45-52-59-72(4)5)96-79(84)63-56-49-42-35-30-26-22-16-14-13-15-19-23-27-32-37-44-51-58-71(2)3/h71-76,81H,8-70H2,1-7H3,(H,86,87)(H,88,89)/t74-,75-,76-/m1/s1. The van der Waals surface area contributed by atoms with Gasteiger partial charge in [-0.1, -0.05) is 363 Å². The highest BCUT2D eigenvalue weighted by molar-refractivity contribution is 7.47. The second-order valence-corrected chi connectivity index (χ2v) is 33.1. The molecule has 3 N–H and O–H groups in total. The van der Waals surface area contributed by atoms with E-state index >= 15 is 0 Å². The number of unbranched alkanes of at least 4 members (excludes halogenated alkanes) is 46. The van der Waals surface area contributed by atoms with E-state index in [4.69, 9.17) is 37.0 Å². The molecule has 19 heteroatoms. The van der Waals surface area contributed by atoms with Gasteiger partial charge in [0.1, 0.15) is 19.3 Å². The lowest BCUT2D eigenvalue weighted by molar-refractivity contribution is -0.161. The molecule has 0 bridgehead atoms. The molecule has 0 aromatic carbocycles. The summed E-state index contributed by atoms with van der Waals surface area (Å²) in [5, 5.41) is 10.6. The number of rotatable bonds is 78. The van der Waals surface area contributed by atoms with Gasteiger partial charge in [-0.2, -0.15) is 0 Å². The van der Waals surface area contributed by atoms with Crippen LogP contribution in [0.4, 0.5) is 0 Å². The summed E-state index contributed by atoms with van der Waals surface area (Å²) in [7, 11) is -9.91. The summed E-state index contributed by atoms with van der Waals surface area (Å²) < 4.78 is 68.6. The van der Waals surface area contributed by atoms with E-state index in [1.54, 1.807) is 0 Å². The first-order valence-corrected chi connectivity index (χ1v) is 44.3. The Bertz CT molecular complexity index is 1920. The third-order valence-corrected chi connectivity index (χ3v) is 20.5. The van der Waals surface area contributed by atoms with Crippen LogP contribution in [0.2, 0.25) is 0 Å². The van der Waals surface area contributed by atoms with E-state index in [0.29, 0.717) is 31.6 Å². The molecule has 5 atom stereocenters. The van der Waals surface area contributed by atoms with E-state index in [1.165, 1.54) is 225 Å². The summed E-state index contributed by atoms with van der Waals surface area (Å²) in [4.78, 5) is 72.8. The van der Waals surface area contributed by atoms with Crippen molar-refractivity contribution in [3.8, 4) is 0 Å². The zero-order chi connectivity index (χ0) is 73.0. The number of phosphoric acid groups is 2. The summed E-state index contributed by atoms with van der Waals surface area (Å²) in [5.41, 5.74) is 0. The van der Waals surface area contributed by atoms with Gasteiger partial charge in [0, 0.05) is 25.7 Å². The van der Waals surface area contributed by atoms with Crippen molar-refractivity contribution in [3.05, 3.63) is 0 Å². The summed E-state index contributed by atoms with van der Waals surface area (Å²) in [6, 6.07) is 0. The Labute approximate surface area is 607 Å². The van der Waals surface area contributed by atoms with Gasteiger partial charge in [-0.15, -0.1) is 0 Å². The van der Waals surface area contributed by atoms with Gasteiger partial charge in [0.05, 0.1) is 26.4 Å². The molecule has 588 valence electrons. The quantitative estimate of drug-likeness (QED) is 0.0222. The second kappa shape index (κ2) is 70.4. The molecule has 0 saturated carbocycles. The van der Waals surface area contributed by atoms with Crippen LogP contribution in [0.5, 0.6) is 0 Å². The number of ether oxygens (including phenoxy) is 4. The van der Waals surface area contributed by atoms with Crippen molar-refractivity contribution in [1.29, 1.82) is 0 Å². The first kappa shape index (κ1) is 97.1. The Hall–Kier alpha value is -1.94. The number of carbonyl (C=O) groups excluding carboxylic acids is 4. The van der Waals surface area contributed by atoms with Crippen LogP contribution in [0.25, 0.3) is 0 Å². The molecule has 0 radical (unpaired) electrons. The predicted molar refractivity (Wildman–Crippen MR) is 405 cm³/mol. The molecule has 99 heavy (non-hydrogen) atoms. The highest BCUT2D eigenvalue weighted by Gasteiger charge is 2.30. The molecular weight excluding hydrogens is 1290 g/mol. The topological polar surface area (TPSA) is 237 Å². The first-order chi connectivity index (χ1) is 47.7. The molecule has 0 amide bonds. The summed E-state index contributed by atoms with van der Waals surface area (Å²) in [5.74, 6) is 0.212. The highest BCUT2D eigenvalue weighted by atomic mass is 31.2. The van der Waals surface area contributed by atoms with Gasteiger partial charge in [-0.05, 0) is 43.4 Å². The summed E-state index contributed by atoms with van der Waals surface area (Å²) in [6.45, 7) is 11.9. The molecule has 2 unspecified atom stereocenters. The van der Waals surface area contributed by atoms with Crippen LogP contribution < -0.4 is 0 Å². The van der Waals surface area contributed by atoms with Crippen molar-refractivity contribution >= 4 is 39.5 Å². The van der Waals surface area contributed by atoms with Gasteiger partial charge in [-0.25, -0.2) is 9.13 Å². The molecule has 0 aliphatic heterocycles. The monoisotopic (exact) mass is 1450 g/mol. The van der Waals surface area contributed by atoms with Gasteiger partial charge in [0.25, 0.3) is 0 Å². The lowest BCUT2D eigenvalue weighted by Crippen LogP contribution is -2.30. The molecule has 0 saturated heterocycles. The van der Waals surface area contributed by atoms with Crippen molar-refractivity contribution < 1.29 is 80.2 Å². The Morgan fingerprint density at radius 2 is 0.465 bits per heavy atom. The van der Waals surface area contributed by atoms with E-state index in [0.717, 1.165) is 102 Å². The van der Waals surface area contributed by atoms with Crippen LogP contribution in [0.3, 0.4) is 0 Å². The zero-order valence-corrected chi connectivity index (χ0v) is 66.8. The average molecular weight is 1450 g/mol. The molecule has 0 fully saturated rings. The molecule has 0 spiro atoms. The first-order valence-electron chi connectivity index (χ1n) is 41.3. The molecular formula is C80H156O17P2. The van der Waals surface area contributed by atoms with Crippen molar-refractivity contribution in [2.24, 2.45) is 17.8 Å². The minimum atomic E-state index is -4.96. The number of hydrogen-bond donors (Lipinski definition) is 3. The Kier molecular flexibility index (Phi) is 69.0. The normalized spacial score (nSPS) is 14.0. The van der Waals surface area contributed by atoms with Crippen LogP contribution in [-0.4, -0.2) is 96.7 Å². The minimum Gasteiger partial charge on any atom is -0.462 e. The minimum absolute atomic E-state index is 0.104. The number of aliphatic hydroxyl groups is 1. The summed E-state index contributed by atoms with van der Waals surface area (Å²) >= 11 is 0. The maximum Gasteiger partial charge on any atom is 0.472 e. The predicted octanol–water partition coefficient (Wildman–Crippen LogP) is 23.7. The third-order valence-electron chi connectivity index (χ3n) is 18.6. The van der Waals surface area contributed by atoms with Gasteiger partial charge in [0.15, 0.2) is 12.2 Å². The smallest absolute Gasteiger partial charge is 0.462 e. The Balaban J connectivity index is 5.18. The molecule has 0 aromatic rings. The van der Waals surface area contributed by atoms with Crippen molar-refractivity contribution in [2.75, 3.05) is 39.6 Å². The van der Waals surface area contributed by atoms with Crippen LogP contribution >= 0.6 is 15.6 Å². The van der Waals surface area contributed by atoms with E-state index in [1.807, 2.05) is 0 Å². The van der Waals surface area contributed by atoms with Gasteiger partial charge >= 0.3 is 39.5 Å². The number of aliphatic hydroxyl groups excluding tert-OH is 1. The fourth-order valence-corrected chi connectivity index (χ4v) is 13.9. The number of carbonyl (C=O) groups is 4. The van der Waals surface area contributed by atoms with Crippen LogP contribution in [0.1, 0.15) is 414 Å². The van der Waals surface area contributed by atoms with E-state index < -0.39 is 97.5 Å². The van der Waals surface area contributed by atoms with E-state index in [9.17, 15) is 43.2 Å². The Morgan fingerprint density at radius 3 is 0.687 bits per heavy atom. The van der Waals surface area contributed by atoms with E-state index in [-0.39, 0.29) is 25.7 Å². The molecule has 0 rings (SSSR count). The number of esters is 4. The van der Waals surface area contributed by atoms with Crippen molar-refractivity contribution in [3.63, 3.8) is 0 Å². The molecule has 0 aromatic heterocycles. The van der Waals surface area contributed by atoms with Crippen LogP contribution in [0, 0.1) is 17.8 Å². The largest absolute Gasteiger partial charge is 0.472 e. The fourth-order valence-electron chi connectivity index (χ4n) is 12.3. The molecule has 0 aliphatic rings. The number of hydrogen-bond acceptors (Lipinski definition) is 15. The summed E-state index contributed by atoms with van der Waals surface area (Å²) in [6.07, 6.45) is 58.6. The lowest BCUT2D eigenvalue weighted by Gasteiger charge is -2.21. The van der Waals surface area contributed by atoms with Crippen LogP contribution in [-0.2, 0) is 65.4 Å². The molecule has 0 heterocycles. The van der Waals surface area contributed by atoms with E-state index in [2.05, 4.69) is 48.5 Å². The van der Waals surface area contributed by atoms with Crippen LogP contribution in [0.15, 0.2) is 0 Å².